The Morgan fingerprint density at radius 3 is 2.80 bits per heavy atom. The summed E-state index contributed by atoms with van der Waals surface area (Å²) >= 11 is 2.05. The number of nitrogens with zero attached hydrogens (tertiary/aromatic N) is 1. The third-order valence-electron chi connectivity index (χ3n) is 3.11. The quantitative estimate of drug-likeness (QED) is 0.571. The van der Waals surface area contributed by atoms with Crippen LogP contribution in [0.5, 0.6) is 0 Å². The minimum absolute atomic E-state index is 0.145. The summed E-state index contributed by atoms with van der Waals surface area (Å²) in [6, 6.07) is 0. The van der Waals surface area contributed by atoms with Gasteiger partial charge in [0.2, 0.25) is 0 Å². The Balaban J connectivity index is 2.33. The van der Waals surface area contributed by atoms with E-state index in [0.29, 0.717) is 5.84 Å². The van der Waals surface area contributed by atoms with E-state index in [4.69, 9.17) is 11.1 Å². The fourth-order valence-corrected chi connectivity index (χ4v) is 2.75. The minimum Gasteiger partial charge on any atom is -0.387 e. The molecule has 15 heavy (non-hydrogen) atoms. The largest absolute Gasteiger partial charge is 0.387 e. The number of thioether (sulfide) groups is 1. The summed E-state index contributed by atoms with van der Waals surface area (Å²) in [6.07, 6.45) is 0.986. The van der Waals surface area contributed by atoms with Gasteiger partial charge in [-0.1, -0.05) is 20.8 Å². The van der Waals surface area contributed by atoms with Gasteiger partial charge in [0.05, 0.1) is 5.84 Å². The monoisotopic (exact) mass is 229 g/mol. The van der Waals surface area contributed by atoms with Crippen LogP contribution in [0.25, 0.3) is 0 Å². The van der Waals surface area contributed by atoms with Crippen LogP contribution >= 0.6 is 11.8 Å². The van der Waals surface area contributed by atoms with Crippen LogP contribution in [0.3, 0.4) is 0 Å². The third kappa shape index (κ3) is 4.03. The van der Waals surface area contributed by atoms with E-state index < -0.39 is 0 Å². The van der Waals surface area contributed by atoms with Gasteiger partial charge in [0.25, 0.3) is 0 Å². The van der Waals surface area contributed by atoms with Crippen LogP contribution in [0.15, 0.2) is 0 Å². The topological polar surface area (TPSA) is 53.1 Å². The highest BCUT2D eigenvalue weighted by molar-refractivity contribution is 7.99. The molecule has 0 aromatic rings. The molecule has 0 bridgehead atoms. The van der Waals surface area contributed by atoms with Gasteiger partial charge in [0, 0.05) is 29.5 Å². The molecule has 3 N–H and O–H groups in total. The van der Waals surface area contributed by atoms with Crippen molar-refractivity contribution < 1.29 is 0 Å². The first kappa shape index (κ1) is 12.8. The first-order valence-electron chi connectivity index (χ1n) is 5.60. The normalized spacial score (nSPS) is 24.1. The molecule has 1 atom stereocenters. The zero-order valence-electron chi connectivity index (χ0n) is 10.0. The molecule has 1 rings (SSSR count). The molecule has 88 valence electrons. The van der Waals surface area contributed by atoms with E-state index >= 15 is 0 Å². The lowest BCUT2D eigenvalue weighted by molar-refractivity contribution is 0.254. The second-order valence-corrected chi connectivity index (χ2v) is 6.58. The number of hydrogen-bond acceptors (Lipinski definition) is 3. The Kier molecular flexibility index (Phi) is 4.46. The fraction of sp³-hybridized carbons (Fsp3) is 0.909. The molecular formula is C11H23N3S. The molecule has 0 aromatic carbocycles. The van der Waals surface area contributed by atoms with Crippen molar-refractivity contribution in [1.82, 2.24) is 4.90 Å². The van der Waals surface area contributed by atoms with Crippen LogP contribution in [-0.2, 0) is 0 Å². The van der Waals surface area contributed by atoms with Crippen molar-refractivity contribution >= 4 is 17.6 Å². The van der Waals surface area contributed by atoms with Crippen LogP contribution < -0.4 is 5.73 Å². The Morgan fingerprint density at radius 2 is 2.27 bits per heavy atom. The van der Waals surface area contributed by atoms with E-state index in [9.17, 15) is 0 Å². The SMILES string of the molecule is CC1CN(CCC(C)(C)C(=N)N)CCS1. The standard InChI is InChI=1S/C11H23N3S/c1-9-8-14(6-7-15-9)5-4-11(2,3)10(12)13/h9H,4-8H2,1-3H3,(H3,12,13). The molecule has 3 nitrogen and oxygen atoms in total. The van der Waals surface area contributed by atoms with Gasteiger partial charge < -0.3 is 10.6 Å². The maximum atomic E-state index is 7.51. The molecule has 0 aromatic heterocycles. The molecule has 1 aliphatic rings. The molecule has 0 spiro atoms. The number of rotatable bonds is 4. The lowest BCUT2D eigenvalue weighted by Gasteiger charge is -2.33. The first-order valence-corrected chi connectivity index (χ1v) is 6.65. The molecule has 0 amide bonds. The summed E-state index contributed by atoms with van der Waals surface area (Å²) in [6.45, 7) is 9.82. The molecule has 1 unspecified atom stereocenters. The molecule has 1 aliphatic heterocycles. The Morgan fingerprint density at radius 1 is 1.60 bits per heavy atom. The fourth-order valence-electron chi connectivity index (χ4n) is 1.67. The average molecular weight is 229 g/mol. The highest BCUT2D eigenvalue weighted by Gasteiger charge is 2.24. The predicted octanol–water partition coefficient (Wildman–Crippen LogP) is 1.78. The summed E-state index contributed by atoms with van der Waals surface area (Å²) in [5.74, 6) is 1.55. The molecule has 1 saturated heterocycles. The van der Waals surface area contributed by atoms with Crippen molar-refractivity contribution in [2.24, 2.45) is 11.1 Å². The van der Waals surface area contributed by atoms with Gasteiger partial charge in [-0.2, -0.15) is 11.8 Å². The van der Waals surface area contributed by atoms with Gasteiger partial charge in [-0.25, -0.2) is 0 Å². The van der Waals surface area contributed by atoms with Gasteiger partial charge in [0.15, 0.2) is 0 Å². The van der Waals surface area contributed by atoms with Crippen molar-refractivity contribution in [1.29, 1.82) is 5.41 Å². The molecule has 0 aliphatic carbocycles. The average Bonchev–Trinajstić information content (AvgIpc) is 2.15. The van der Waals surface area contributed by atoms with Crippen molar-refractivity contribution in [3.63, 3.8) is 0 Å². The van der Waals surface area contributed by atoms with Crippen LogP contribution in [-0.4, -0.2) is 41.4 Å². The van der Waals surface area contributed by atoms with Crippen LogP contribution in [0, 0.1) is 10.8 Å². The van der Waals surface area contributed by atoms with E-state index in [0.717, 1.165) is 18.2 Å². The lowest BCUT2D eigenvalue weighted by atomic mass is 9.88. The van der Waals surface area contributed by atoms with E-state index in [1.807, 2.05) is 0 Å². The van der Waals surface area contributed by atoms with Crippen LogP contribution in [0.1, 0.15) is 27.2 Å². The van der Waals surface area contributed by atoms with Gasteiger partial charge in [-0.05, 0) is 13.0 Å². The van der Waals surface area contributed by atoms with E-state index in [1.165, 1.54) is 18.8 Å². The zero-order chi connectivity index (χ0) is 11.5. The number of nitrogens with one attached hydrogen (secondary N) is 1. The van der Waals surface area contributed by atoms with E-state index in [1.54, 1.807) is 0 Å². The van der Waals surface area contributed by atoms with Crippen molar-refractivity contribution in [2.75, 3.05) is 25.4 Å². The summed E-state index contributed by atoms with van der Waals surface area (Å²) in [5.41, 5.74) is 5.43. The van der Waals surface area contributed by atoms with Gasteiger partial charge in [0.1, 0.15) is 0 Å². The first-order chi connectivity index (χ1) is 6.92. The third-order valence-corrected chi connectivity index (χ3v) is 4.24. The van der Waals surface area contributed by atoms with Crippen molar-refractivity contribution in [3.05, 3.63) is 0 Å². The Hall–Kier alpha value is -0.220. The van der Waals surface area contributed by atoms with Gasteiger partial charge in [-0.15, -0.1) is 0 Å². The zero-order valence-corrected chi connectivity index (χ0v) is 10.9. The number of amidine groups is 1. The molecule has 1 heterocycles. The summed E-state index contributed by atoms with van der Waals surface area (Å²) in [5, 5.41) is 8.26. The van der Waals surface area contributed by atoms with Crippen molar-refractivity contribution in [3.8, 4) is 0 Å². The maximum Gasteiger partial charge on any atom is 0.0963 e. The Bertz CT molecular complexity index is 228. The highest BCUT2D eigenvalue weighted by Crippen LogP contribution is 2.23. The molecule has 0 radical (unpaired) electrons. The molecule has 4 heteroatoms. The Labute approximate surface area is 97.3 Å². The number of hydrogen-bond donors (Lipinski definition) is 2. The molecular weight excluding hydrogens is 206 g/mol. The minimum atomic E-state index is -0.145. The lowest BCUT2D eigenvalue weighted by Crippen LogP contribution is -2.40. The number of nitrogens with two attached hydrogens (primary N) is 1. The predicted molar refractivity (Wildman–Crippen MR) is 68.7 cm³/mol. The smallest absolute Gasteiger partial charge is 0.0963 e. The van der Waals surface area contributed by atoms with Gasteiger partial charge in [-0.3, -0.25) is 5.41 Å². The summed E-state index contributed by atoms with van der Waals surface area (Å²) < 4.78 is 0. The second-order valence-electron chi connectivity index (χ2n) is 5.03. The van der Waals surface area contributed by atoms with Crippen LogP contribution in [0.4, 0.5) is 0 Å². The van der Waals surface area contributed by atoms with Crippen molar-refractivity contribution in [2.45, 2.75) is 32.4 Å². The van der Waals surface area contributed by atoms with E-state index in [-0.39, 0.29) is 5.41 Å². The highest BCUT2D eigenvalue weighted by atomic mass is 32.2. The van der Waals surface area contributed by atoms with Gasteiger partial charge >= 0.3 is 0 Å². The van der Waals surface area contributed by atoms with E-state index in [2.05, 4.69) is 37.4 Å². The summed E-state index contributed by atoms with van der Waals surface area (Å²) in [4.78, 5) is 2.49. The maximum absolute atomic E-state index is 7.51. The molecule has 1 fully saturated rings. The van der Waals surface area contributed by atoms with Crippen LogP contribution in [0.2, 0.25) is 0 Å². The summed E-state index contributed by atoms with van der Waals surface area (Å²) in [7, 11) is 0. The second kappa shape index (κ2) is 5.21. The molecule has 0 saturated carbocycles.